The molecule has 0 radical (unpaired) electrons. The fourth-order valence-electron chi connectivity index (χ4n) is 1.68. The van der Waals surface area contributed by atoms with E-state index in [9.17, 15) is 4.79 Å². The fraction of sp³-hybridized carbons (Fsp3) is 0.692. The highest BCUT2D eigenvalue weighted by Crippen LogP contribution is 2.21. The normalized spacial score (nSPS) is 11.5. The van der Waals surface area contributed by atoms with E-state index in [1.807, 2.05) is 0 Å². The van der Waals surface area contributed by atoms with Crippen molar-refractivity contribution in [2.75, 3.05) is 0 Å². The Balaban J connectivity index is 2.92. The number of nitrogens with zero attached hydrogens (tertiary/aromatic N) is 2. The first kappa shape index (κ1) is 14.2. The first-order chi connectivity index (χ1) is 7.95. The Morgan fingerprint density at radius 1 is 1.29 bits per heavy atom. The Morgan fingerprint density at radius 3 is 2.41 bits per heavy atom. The molecule has 0 N–H and O–H groups in total. The van der Waals surface area contributed by atoms with Gasteiger partial charge in [0, 0.05) is 6.54 Å². The Kier molecular flexibility index (Phi) is 5.19. The van der Waals surface area contributed by atoms with Crippen LogP contribution >= 0.6 is 11.6 Å². The van der Waals surface area contributed by atoms with Crippen molar-refractivity contribution in [1.29, 1.82) is 0 Å². The van der Waals surface area contributed by atoms with Gasteiger partial charge >= 0.3 is 0 Å². The minimum atomic E-state index is 0.471. The largest absolute Gasteiger partial charge is 0.298 e. The van der Waals surface area contributed by atoms with E-state index in [0.717, 1.165) is 31.4 Å². The molecule has 0 aliphatic rings. The molecule has 0 amide bonds. The van der Waals surface area contributed by atoms with Gasteiger partial charge in [0.2, 0.25) is 0 Å². The van der Waals surface area contributed by atoms with Gasteiger partial charge in [0.25, 0.3) is 0 Å². The maximum atomic E-state index is 11.0. The Morgan fingerprint density at radius 2 is 1.94 bits per heavy atom. The van der Waals surface area contributed by atoms with Gasteiger partial charge in [0.1, 0.15) is 5.15 Å². The number of halogens is 1. The number of carbonyl (C=O) groups excluding carboxylic acids is 1. The average molecular weight is 257 g/mol. The number of aromatic nitrogens is 2. The zero-order chi connectivity index (χ0) is 13.0. The van der Waals surface area contributed by atoms with E-state index in [0.29, 0.717) is 22.6 Å². The molecule has 0 aliphatic carbocycles. The standard InChI is InChI=1S/C13H21ClN2O/c1-9(2)5-6-16-13(14)11(8-17)12(15-16)7-10(3)4/h8-10H,5-7H2,1-4H3. The quantitative estimate of drug-likeness (QED) is 0.729. The molecular formula is C13H21ClN2O. The van der Waals surface area contributed by atoms with Crippen LogP contribution in [0.5, 0.6) is 0 Å². The van der Waals surface area contributed by atoms with E-state index in [1.165, 1.54) is 0 Å². The number of aryl methyl sites for hydroxylation is 1. The lowest BCUT2D eigenvalue weighted by Gasteiger charge is -2.05. The van der Waals surface area contributed by atoms with Gasteiger partial charge in [0.05, 0.1) is 11.3 Å². The van der Waals surface area contributed by atoms with Crippen molar-refractivity contribution in [3.05, 3.63) is 16.4 Å². The van der Waals surface area contributed by atoms with Gasteiger partial charge in [-0.15, -0.1) is 0 Å². The van der Waals surface area contributed by atoms with Crippen LogP contribution in [-0.4, -0.2) is 16.1 Å². The maximum absolute atomic E-state index is 11.0. The first-order valence-corrected chi connectivity index (χ1v) is 6.53. The second-order valence-electron chi connectivity index (χ2n) is 5.27. The molecule has 3 nitrogen and oxygen atoms in total. The molecule has 0 atom stereocenters. The van der Waals surface area contributed by atoms with E-state index >= 15 is 0 Å². The minimum absolute atomic E-state index is 0.471. The number of aldehydes is 1. The second kappa shape index (κ2) is 6.20. The summed E-state index contributed by atoms with van der Waals surface area (Å²) in [4.78, 5) is 11.0. The molecule has 1 aromatic heterocycles. The highest BCUT2D eigenvalue weighted by atomic mass is 35.5. The van der Waals surface area contributed by atoms with E-state index in [1.54, 1.807) is 4.68 Å². The Bertz CT molecular complexity index is 383. The van der Waals surface area contributed by atoms with Gasteiger partial charge in [-0.1, -0.05) is 39.3 Å². The molecule has 4 heteroatoms. The molecule has 0 spiro atoms. The molecule has 96 valence electrons. The number of hydrogen-bond acceptors (Lipinski definition) is 2. The third kappa shape index (κ3) is 3.84. The topological polar surface area (TPSA) is 34.9 Å². The van der Waals surface area contributed by atoms with Crippen LogP contribution in [0, 0.1) is 11.8 Å². The van der Waals surface area contributed by atoms with Gasteiger partial charge in [0.15, 0.2) is 6.29 Å². The van der Waals surface area contributed by atoms with Gasteiger partial charge < -0.3 is 0 Å². The molecule has 1 heterocycles. The van der Waals surface area contributed by atoms with Crippen LogP contribution in [0.1, 0.15) is 50.2 Å². The van der Waals surface area contributed by atoms with E-state index in [-0.39, 0.29) is 0 Å². The smallest absolute Gasteiger partial charge is 0.155 e. The summed E-state index contributed by atoms with van der Waals surface area (Å²) in [7, 11) is 0. The Hall–Kier alpha value is -0.830. The summed E-state index contributed by atoms with van der Waals surface area (Å²) in [6.45, 7) is 9.31. The SMILES string of the molecule is CC(C)CCn1nc(CC(C)C)c(C=O)c1Cl. The zero-order valence-corrected chi connectivity index (χ0v) is 11.8. The van der Waals surface area contributed by atoms with E-state index < -0.39 is 0 Å². The second-order valence-corrected chi connectivity index (χ2v) is 5.63. The van der Waals surface area contributed by atoms with Crippen LogP contribution in [0.25, 0.3) is 0 Å². The third-order valence-corrected chi connectivity index (χ3v) is 3.04. The highest BCUT2D eigenvalue weighted by molar-refractivity contribution is 6.32. The van der Waals surface area contributed by atoms with Gasteiger partial charge in [-0.2, -0.15) is 5.10 Å². The van der Waals surface area contributed by atoms with Crippen molar-refractivity contribution in [2.45, 2.75) is 47.1 Å². The van der Waals surface area contributed by atoms with Crippen LogP contribution in [0.4, 0.5) is 0 Å². The lowest BCUT2D eigenvalue weighted by atomic mass is 10.1. The molecule has 17 heavy (non-hydrogen) atoms. The van der Waals surface area contributed by atoms with Crippen LogP contribution in [-0.2, 0) is 13.0 Å². The van der Waals surface area contributed by atoms with Crippen LogP contribution < -0.4 is 0 Å². The molecule has 0 bridgehead atoms. The summed E-state index contributed by atoms with van der Waals surface area (Å²) in [5.41, 5.74) is 1.38. The number of hydrogen-bond donors (Lipinski definition) is 0. The maximum Gasteiger partial charge on any atom is 0.155 e. The number of carbonyl (C=O) groups is 1. The van der Waals surface area contributed by atoms with Crippen LogP contribution in [0.15, 0.2) is 0 Å². The molecule has 0 saturated carbocycles. The summed E-state index contributed by atoms with van der Waals surface area (Å²) >= 11 is 6.17. The molecule has 0 unspecified atom stereocenters. The Labute approximate surface area is 108 Å². The van der Waals surface area contributed by atoms with Crippen LogP contribution in [0.2, 0.25) is 5.15 Å². The van der Waals surface area contributed by atoms with Crippen molar-refractivity contribution in [3.8, 4) is 0 Å². The van der Waals surface area contributed by atoms with Crippen molar-refractivity contribution in [2.24, 2.45) is 11.8 Å². The van der Waals surface area contributed by atoms with Crippen molar-refractivity contribution >= 4 is 17.9 Å². The molecular weight excluding hydrogens is 236 g/mol. The first-order valence-electron chi connectivity index (χ1n) is 6.16. The minimum Gasteiger partial charge on any atom is -0.298 e. The molecule has 1 rings (SSSR count). The third-order valence-electron chi connectivity index (χ3n) is 2.64. The van der Waals surface area contributed by atoms with E-state index in [4.69, 9.17) is 11.6 Å². The average Bonchev–Trinajstić information content (AvgIpc) is 2.51. The fourth-order valence-corrected chi connectivity index (χ4v) is 1.96. The summed E-state index contributed by atoms with van der Waals surface area (Å²) < 4.78 is 1.75. The highest BCUT2D eigenvalue weighted by Gasteiger charge is 2.16. The number of rotatable bonds is 6. The summed E-state index contributed by atoms with van der Waals surface area (Å²) in [6.07, 6.45) is 2.63. The van der Waals surface area contributed by atoms with Crippen LogP contribution in [0.3, 0.4) is 0 Å². The molecule has 0 aromatic carbocycles. The zero-order valence-electron chi connectivity index (χ0n) is 11.0. The monoisotopic (exact) mass is 256 g/mol. The lowest BCUT2D eigenvalue weighted by molar-refractivity contribution is 0.112. The molecule has 0 fully saturated rings. The summed E-state index contributed by atoms with van der Waals surface area (Å²) in [5.74, 6) is 1.07. The molecule has 0 saturated heterocycles. The van der Waals surface area contributed by atoms with Crippen molar-refractivity contribution in [1.82, 2.24) is 9.78 Å². The molecule has 1 aromatic rings. The van der Waals surface area contributed by atoms with Gasteiger partial charge in [-0.05, 0) is 24.7 Å². The van der Waals surface area contributed by atoms with Crippen molar-refractivity contribution < 1.29 is 4.79 Å². The van der Waals surface area contributed by atoms with Gasteiger partial charge in [-0.3, -0.25) is 9.48 Å². The predicted molar refractivity (Wildman–Crippen MR) is 70.6 cm³/mol. The lowest BCUT2D eigenvalue weighted by Crippen LogP contribution is -2.04. The predicted octanol–water partition coefficient (Wildman–Crippen LogP) is 3.59. The summed E-state index contributed by atoms with van der Waals surface area (Å²) in [5, 5.41) is 4.93. The van der Waals surface area contributed by atoms with Crippen molar-refractivity contribution in [3.63, 3.8) is 0 Å². The van der Waals surface area contributed by atoms with E-state index in [2.05, 4.69) is 32.8 Å². The molecule has 0 aliphatic heterocycles. The van der Waals surface area contributed by atoms with Gasteiger partial charge in [-0.25, -0.2) is 0 Å². The summed E-state index contributed by atoms with van der Waals surface area (Å²) in [6, 6.07) is 0.